The molecule has 0 bridgehead atoms. The van der Waals surface area contributed by atoms with Gasteiger partial charge in [0, 0.05) is 23.1 Å². The number of rotatable bonds is 6. The SMILES string of the molecule is CN[C@@H](C[C@@H](C)CO)C1(c2ccc(Cl)cc2)CCC1. The molecule has 19 heavy (non-hydrogen) atoms. The number of aliphatic hydroxyl groups is 1. The fourth-order valence-corrected chi connectivity index (χ4v) is 3.40. The molecular formula is C16H24ClNO. The minimum Gasteiger partial charge on any atom is -0.396 e. The summed E-state index contributed by atoms with van der Waals surface area (Å²) in [6, 6.07) is 8.72. The van der Waals surface area contributed by atoms with Crippen LogP contribution in [0.2, 0.25) is 5.02 Å². The van der Waals surface area contributed by atoms with Crippen LogP contribution >= 0.6 is 11.6 Å². The van der Waals surface area contributed by atoms with Crippen LogP contribution in [-0.2, 0) is 5.41 Å². The van der Waals surface area contributed by atoms with E-state index in [4.69, 9.17) is 11.6 Å². The first kappa shape index (κ1) is 14.8. The molecule has 2 rings (SSSR count). The first-order valence-electron chi connectivity index (χ1n) is 7.16. The number of halogens is 1. The zero-order chi connectivity index (χ0) is 13.9. The molecule has 0 aliphatic heterocycles. The van der Waals surface area contributed by atoms with Gasteiger partial charge in [-0.1, -0.05) is 37.1 Å². The lowest BCUT2D eigenvalue weighted by Gasteiger charge is -2.49. The lowest BCUT2D eigenvalue weighted by molar-refractivity contribution is 0.136. The molecule has 0 amide bonds. The summed E-state index contributed by atoms with van der Waals surface area (Å²) in [6.07, 6.45) is 4.74. The van der Waals surface area contributed by atoms with Gasteiger partial charge in [0.2, 0.25) is 0 Å². The molecule has 1 aromatic rings. The Morgan fingerprint density at radius 1 is 1.32 bits per heavy atom. The molecule has 1 aliphatic rings. The second-order valence-corrected chi connectivity index (χ2v) is 6.32. The van der Waals surface area contributed by atoms with Gasteiger partial charge in [0.05, 0.1) is 0 Å². The van der Waals surface area contributed by atoms with Gasteiger partial charge in [-0.2, -0.15) is 0 Å². The molecule has 0 radical (unpaired) electrons. The largest absolute Gasteiger partial charge is 0.396 e. The molecule has 0 saturated heterocycles. The van der Waals surface area contributed by atoms with Gasteiger partial charge in [-0.15, -0.1) is 0 Å². The van der Waals surface area contributed by atoms with E-state index in [2.05, 4.69) is 24.4 Å². The Kier molecular flexibility index (Phi) is 4.88. The van der Waals surface area contributed by atoms with Gasteiger partial charge in [-0.3, -0.25) is 0 Å². The number of likely N-dealkylation sites (N-methyl/N-ethyl adjacent to an activating group) is 1. The molecule has 0 heterocycles. The minimum absolute atomic E-state index is 0.225. The van der Waals surface area contributed by atoms with Crippen LogP contribution in [0.15, 0.2) is 24.3 Å². The zero-order valence-electron chi connectivity index (χ0n) is 11.8. The Balaban J connectivity index is 2.22. The van der Waals surface area contributed by atoms with Crippen molar-refractivity contribution in [3.05, 3.63) is 34.9 Å². The van der Waals surface area contributed by atoms with Gasteiger partial charge >= 0.3 is 0 Å². The molecule has 1 aliphatic carbocycles. The highest BCUT2D eigenvalue weighted by Crippen LogP contribution is 2.48. The van der Waals surface area contributed by atoms with Crippen molar-refractivity contribution in [2.45, 2.75) is 44.1 Å². The summed E-state index contributed by atoms with van der Waals surface area (Å²) in [5, 5.41) is 13.6. The normalized spacial score (nSPS) is 20.6. The van der Waals surface area contributed by atoms with Gasteiger partial charge < -0.3 is 10.4 Å². The van der Waals surface area contributed by atoms with Crippen LogP contribution in [0, 0.1) is 5.92 Å². The van der Waals surface area contributed by atoms with Crippen LogP contribution in [0.5, 0.6) is 0 Å². The number of hydrogen-bond acceptors (Lipinski definition) is 2. The number of hydrogen-bond donors (Lipinski definition) is 2. The topological polar surface area (TPSA) is 32.3 Å². The lowest BCUT2D eigenvalue weighted by atomic mass is 9.59. The molecule has 2 nitrogen and oxygen atoms in total. The Labute approximate surface area is 121 Å². The van der Waals surface area contributed by atoms with E-state index in [1.165, 1.54) is 24.8 Å². The van der Waals surface area contributed by atoms with E-state index >= 15 is 0 Å². The van der Waals surface area contributed by atoms with Crippen molar-refractivity contribution in [2.24, 2.45) is 5.92 Å². The van der Waals surface area contributed by atoms with Crippen molar-refractivity contribution in [3.63, 3.8) is 0 Å². The van der Waals surface area contributed by atoms with Crippen molar-refractivity contribution in [2.75, 3.05) is 13.7 Å². The number of benzene rings is 1. The Morgan fingerprint density at radius 3 is 2.37 bits per heavy atom. The van der Waals surface area contributed by atoms with E-state index < -0.39 is 0 Å². The highest BCUT2D eigenvalue weighted by Gasteiger charge is 2.44. The third kappa shape index (κ3) is 2.96. The Morgan fingerprint density at radius 2 is 1.95 bits per heavy atom. The van der Waals surface area contributed by atoms with Crippen LogP contribution in [-0.4, -0.2) is 24.8 Å². The second kappa shape index (κ2) is 6.25. The van der Waals surface area contributed by atoms with E-state index in [1.807, 2.05) is 19.2 Å². The van der Waals surface area contributed by atoms with Crippen molar-refractivity contribution in [1.29, 1.82) is 0 Å². The summed E-state index contributed by atoms with van der Waals surface area (Å²) in [6.45, 7) is 2.37. The highest BCUT2D eigenvalue weighted by molar-refractivity contribution is 6.30. The summed E-state index contributed by atoms with van der Waals surface area (Å²) < 4.78 is 0. The fourth-order valence-electron chi connectivity index (χ4n) is 3.27. The van der Waals surface area contributed by atoms with Crippen LogP contribution in [0.25, 0.3) is 0 Å². The monoisotopic (exact) mass is 281 g/mol. The summed E-state index contributed by atoms with van der Waals surface area (Å²) in [5.74, 6) is 0.335. The van der Waals surface area contributed by atoms with Gasteiger partial charge in [0.15, 0.2) is 0 Å². The molecular weight excluding hydrogens is 258 g/mol. The van der Waals surface area contributed by atoms with E-state index in [0.29, 0.717) is 12.0 Å². The Bertz CT molecular complexity index is 400. The van der Waals surface area contributed by atoms with Crippen LogP contribution in [0.3, 0.4) is 0 Å². The van der Waals surface area contributed by atoms with Gasteiger partial charge in [-0.25, -0.2) is 0 Å². The summed E-state index contributed by atoms with van der Waals surface area (Å²) in [4.78, 5) is 0. The van der Waals surface area contributed by atoms with E-state index in [0.717, 1.165) is 11.4 Å². The molecule has 2 N–H and O–H groups in total. The lowest BCUT2D eigenvalue weighted by Crippen LogP contribution is -2.52. The molecule has 1 fully saturated rings. The predicted molar refractivity (Wildman–Crippen MR) is 80.7 cm³/mol. The van der Waals surface area contributed by atoms with Crippen molar-refractivity contribution < 1.29 is 5.11 Å². The number of nitrogens with one attached hydrogen (secondary N) is 1. The van der Waals surface area contributed by atoms with Gasteiger partial charge in [0.25, 0.3) is 0 Å². The highest BCUT2D eigenvalue weighted by atomic mass is 35.5. The van der Waals surface area contributed by atoms with E-state index in [-0.39, 0.29) is 12.0 Å². The molecule has 106 valence electrons. The predicted octanol–water partition coefficient (Wildman–Crippen LogP) is 3.37. The van der Waals surface area contributed by atoms with E-state index in [9.17, 15) is 5.11 Å². The molecule has 1 aromatic carbocycles. The van der Waals surface area contributed by atoms with Crippen LogP contribution in [0.1, 0.15) is 38.2 Å². The molecule has 2 atom stereocenters. The van der Waals surface area contributed by atoms with Crippen LogP contribution in [0.4, 0.5) is 0 Å². The van der Waals surface area contributed by atoms with Crippen LogP contribution < -0.4 is 5.32 Å². The van der Waals surface area contributed by atoms with Crippen molar-refractivity contribution in [3.8, 4) is 0 Å². The third-order valence-corrected chi connectivity index (χ3v) is 4.88. The number of aliphatic hydroxyl groups excluding tert-OH is 1. The smallest absolute Gasteiger partial charge is 0.0457 e. The van der Waals surface area contributed by atoms with Gasteiger partial charge in [0.1, 0.15) is 0 Å². The van der Waals surface area contributed by atoms with Crippen molar-refractivity contribution in [1.82, 2.24) is 5.32 Å². The zero-order valence-corrected chi connectivity index (χ0v) is 12.6. The first-order valence-corrected chi connectivity index (χ1v) is 7.54. The summed E-state index contributed by atoms with van der Waals surface area (Å²) in [7, 11) is 2.03. The standard InChI is InChI=1S/C16H24ClNO/c1-12(11-19)10-15(18-2)16(8-3-9-16)13-4-6-14(17)7-5-13/h4-7,12,15,18-19H,3,8-11H2,1-2H3/t12-,15+/m1/s1. The summed E-state index contributed by atoms with van der Waals surface area (Å²) >= 11 is 5.99. The average molecular weight is 282 g/mol. The molecule has 1 saturated carbocycles. The van der Waals surface area contributed by atoms with E-state index in [1.54, 1.807) is 0 Å². The molecule has 0 aromatic heterocycles. The summed E-state index contributed by atoms with van der Waals surface area (Å²) in [5.41, 5.74) is 1.61. The minimum atomic E-state index is 0.225. The fraction of sp³-hybridized carbons (Fsp3) is 0.625. The quantitative estimate of drug-likeness (QED) is 0.838. The molecule has 3 heteroatoms. The maximum atomic E-state index is 9.30. The van der Waals surface area contributed by atoms with Gasteiger partial charge in [-0.05, 0) is 49.9 Å². The second-order valence-electron chi connectivity index (χ2n) is 5.88. The average Bonchev–Trinajstić information content (AvgIpc) is 2.38. The maximum Gasteiger partial charge on any atom is 0.0457 e. The maximum absolute atomic E-state index is 9.30. The first-order chi connectivity index (χ1) is 9.12. The molecule has 0 spiro atoms. The van der Waals surface area contributed by atoms with Crippen molar-refractivity contribution >= 4 is 11.6 Å². The molecule has 0 unspecified atom stereocenters. The Hall–Kier alpha value is -0.570. The third-order valence-electron chi connectivity index (χ3n) is 4.63.